The molecule has 1 atom stereocenters. The lowest BCUT2D eigenvalue weighted by molar-refractivity contribution is 0.0788. The highest BCUT2D eigenvalue weighted by Gasteiger charge is 2.34. The van der Waals surface area contributed by atoms with Crippen LogP contribution in [0.1, 0.15) is 58.3 Å². The van der Waals surface area contributed by atoms with Gasteiger partial charge >= 0.3 is 0 Å². The Labute approximate surface area is 238 Å². The molecule has 2 aliphatic heterocycles. The lowest BCUT2D eigenvalue weighted by Crippen LogP contribution is -2.34. The second-order valence-electron chi connectivity index (χ2n) is 10.8. The summed E-state index contributed by atoms with van der Waals surface area (Å²) >= 11 is 6.15. The van der Waals surface area contributed by atoms with E-state index in [1.54, 1.807) is 12.3 Å². The predicted molar refractivity (Wildman–Crippen MR) is 152 cm³/mol. The van der Waals surface area contributed by atoms with Crippen molar-refractivity contribution in [2.75, 3.05) is 26.2 Å². The van der Waals surface area contributed by atoms with Crippen LogP contribution in [0.15, 0.2) is 79.0 Å². The van der Waals surface area contributed by atoms with Gasteiger partial charge in [-0.2, -0.15) is 5.10 Å². The van der Waals surface area contributed by atoms with Crippen LogP contribution < -0.4 is 0 Å². The van der Waals surface area contributed by atoms with Crippen molar-refractivity contribution in [3.05, 3.63) is 118 Å². The number of hydrogen-bond donors (Lipinski definition) is 0. The Morgan fingerprint density at radius 1 is 0.875 bits per heavy atom. The summed E-state index contributed by atoms with van der Waals surface area (Å²) in [6.07, 6.45) is 4.32. The highest BCUT2D eigenvalue weighted by atomic mass is 35.5. The normalized spacial score (nSPS) is 18.4. The summed E-state index contributed by atoms with van der Waals surface area (Å²) in [5.74, 6) is -1.16. The van der Waals surface area contributed by atoms with Crippen molar-refractivity contribution in [2.45, 2.75) is 37.6 Å². The van der Waals surface area contributed by atoms with Gasteiger partial charge in [0.05, 0.1) is 23.1 Å². The molecule has 2 aliphatic rings. The number of piperidine rings is 1. The van der Waals surface area contributed by atoms with Gasteiger partial charge in [-0.05, 0) is 79.9 Å². The topological polar surface area (TPSA) is 41.4 Å². The molecular formula is C32H31ClF2N4O. The largest absolute Gasteiger partial charge is 0.338 e. The number of nitrogens with zero attached hydrogens (tertiary/aromatic N) is 4. The van der Waals surface area contributed by atoms with Crippen LogP contribution in [0, 0.1) is 11.6 Å². The van der Waals surface area contributed by atoms with Gasteiger partial charge in [0.1, 0.15) is 0 Å². The Morgan fingerprint density at radius 2 is 1.60 bits per heavy atom. The molecule has 1 unspecified atom stereocenters. The Kier molecular flexibility index (Phi) is 7.67. The summed E-state index contributed by atoms with van der Waals surface area (Å²) < 4.78 is 29.0. The van der Waals surface area contributed by atoms with E-state index in [-0.39, 0.29) is 11.8 Å². The molecule has 2 fully saturated rings. The SMILES string of the molecule is O=C(c1cnn(-c2ccc(Cl)cc2)c1C1CCN(Cc2ccc(F)c(F)c2)CC1)N1CCC(c2ccccc2)C1. The molecule has 5 nitrogen and oxygen atoms in total. The second-order valence-corrected chi connectivity index (χ2v) is 11.2. The quantitative estimate of drug-likeness (QED) is 0.260. The minimum Gasteiger partial charge on any atom is -0.338 e. The Bertz CT molecular complexity index is 1480. The van der Waals surface area contributed by atoms with Gasteiger partial charge in [-0.25, -0.2) is 13.5 Å². The van der Waals surface area contributed by atoms with Crippen LogP contribution in [-0.2, 0) is 6.54 Å². The van der Waals surface area contributed by atoms with Crippen LogP contribution >= 0.6 is 11.6 Å². The van der Waals surface area contributed by atoms with Crippen molar-refractivity contribution in [1.82, 2.24) is 19.6 Å². The van der Waals surface area contributed by atoms with E-state index in [9.17, 15) is 13.6 Å². The molecule has 2 saturated heterocycles. The van der Waals surface area contributed by atoms with E-state index in [1.165, 1.54) is 17.7 Å². The average molecular weight is 561 g/mol. The number of amides is 1. The second kappa shape index (κ2) is 11.5. The first-order valence-corrected chi connectivity index (χ1v) is 14.2. The summed E-state index contributed by atoms with van der Waals surface area (Å²) in [5.41, 5.74) is 4.47. The minimum atomic E-state index is -0.830. The number of halogens is 3. The molecule has 206 valence electrons. The van der Waals surface area contributed by atoms with Gasteiger partial charge in [-0.3, -0.25) is 9.69 Å². The fourth-order valence-corrected chi connectivity index (χ4v) is 6.20. The first kappa shape index (κ1) is 26.7. The van der Waals surface area contributed by atoms with Crippen molar-refractivity contribution in [2.24, 2.45) is 0 Å². The molecule has 1 aromatic heterocycles. The van der Waals surface area contributed by atoms with Crippen molar-refractivity contribution in [1.29, 1.82) is 0 Å². The summed E-state index contributed by atoms with van der Waals surface area (Å²) in [4.78, 5) is 18.1. The third kappa shape index (κ3) is 5.54. The number of rotatable bonds is 6. The number of benzene rings is 3. The molecule has 3 aromatic carbocycles. The maximum Gasteiger partial charge on any atom is 0.257 e. The molecule has 40 heavy (non-hydrogen) atoms. The zero-order valence-electron chi connectivity index (χ0n) is 22.1. The molecule has 0 N–H and O–H groups in total. The van der Waals surface area contributed by atoms with Crippen LogP contribution in [0.25, 0.3) is 5.69 Å². The smallest absolute Gasteiger partial charge is 0.257 e. The number of aromatic nitrogens is 2. The van der Waals surface area contributed by atoms with E-state index in [0.717, 1.165) is 55.8 Å². The third-order valence-corrected chi connectivity index (χ3v) is 8.47. The van der Waals surface area contributed by atoms with Crippen LogP contribution in [0.3, 0.4) is 0 Å². The zero-order valence-corrected chi connectivity index (χ0v) is 22.9. The van der Waals surface area contributed by atoms with E-state index in [1.807, 2.05) is 52.0 Å². The number of likely N-dealkylation sites (tertiary alicyclic amines) is 2. The Hall–Kier alpha value is -3.55. The summed E-state index contributed by atoms with van der Waals surface area (Å²) in [6, 6.07) is 22.0. The van der Waals surface area contributed by atoms with Gasteiger partial charge in [-0.1, -0.05) is 48.0 Å². The fourth-order valence-electron chi connectivity index (χ4n) is 6.08. The molecule has 0 spiro atoms. The number of carbonyl (C=O) groups is 1. The number of hydrogen-bond acceptors (Lipinski definition) is 3. The molecule has 0 radical (unpaired) electrons. The summed E-state index contributed by atoms with van der Waals surface area (Å²) in [7, 11) is 0. The first-order chi connectivity index (χ1) is 19.5. The maximum absolute atomic E-state index is 13.9. The standard InChI is InChI=1S/C32H31ClF2N4O/c33-26-7-9-27(10-8-26)39-31(24-12-15-37(16-13-24)20-22-6-11-29(34)30(35)18-22)28(19-36-39)32(40)38-17-14-25(21-38)23-4-2-1-3-5-23/h1-11,18-19,24-25H,12-17,20-21H2. The zero-order chi connectivity index (χ0) is 27.6. The highest BCUT2D eigenvalue weighted by molar-refractivity contribution is 6.30. The van der Waals surface area contributed by atoms with Crippen molar-refractivity contribution in [3.8, 4) is 5.69 Å². The first-order valence-electron chi connectivity index (χ1n) is 13.8. The van der Waals surface area contributed by atoms with E-state index in [2.05, 4.69) is 17.0 Å². The van der Waals surface area contributed by atoms with Gasteiger partial charge in [-0.15, -0.1) is 0 Å². The van der Waals surface area contributed by atoms with Crippen molar-refractivity contribution in [3.63, 3.8) is 0 Å². The molecule has 4 aromatic rings. The monoisotopic (exact) mass is 560 g/mol. The summed E-state index contributed by atoms with van der Waals surface area (Å²) in [5, 5.41) is 5.34. The molecule has 1 amide bonds. The van der Waals surface area contributed by atoms with Gasteiger partial charge in [0, 0.05) is 36.5 Å². The Morgan fingerprint density at radius 3 is 2.33 bits per heavy atom. The maximum atomic E-state index is 13.9. The van der Waals surface area contributed by atoms with Crippen LogP contribution in [0.2, 0.25) is 5.02 Å². The number of carbonyl (C=O) groups excluding carboxylic acids is 1. The highest BCUT2D eigenvalue weighted by Crippen LogP contribution is 2.35. The van der Waals surface area contributed by atoms with Gasteiger partial charge in [0.25, 0.3) is 5.91 Å². The van der Waals surface area contributed by atoms with Crippen molar-refractivity contribution >= 4 is 17.5 Å². The van der Waals surface area contributed by atoms with Gasteiger partial charge < -0.3 is 4.90 Å². The van der Waals surface area contributed by atoms with Crippen molar-refractivity contribution < 1.29 is 13.6 Å². The third-order valence-electron chi connectivity index (χ3n) is 8.22. The Balaban J connectivity index is 1.23. The minimum absolute atomic E-state index is 0.0258. The molecule has 3 heterocycles. The van der Waals surface area contributed by atoms with E-state index in [4.69, 9.17) is 16.7 Å². The van der Waals surface area contributed by atoms with Gasteiger partial charge in [0.15, 0.2) is 11.6 Å². The molecule has 0 bridgehead atoms. The lowest BCUT2D eigenvalue weighted by atomic mass is 9.90. The van der Waals surface area contributed by atoms with E-state index >= 15 is 0 Å². The predicted octanol–water partition coefficient (Wildman–Crippen LogP) is 6.81. The molecule has 6 rings (SSSR count). The molecule has 8 heteroatoms. The molecule has 0 saturated carbocycles. The summed E-state index contributed by atoms with van der Waals surface area (Å²) in [6.45, 7) is 3.53. The average Bonchev–Trinajstić information content (AvgIpc) is 3.65. The van der Waals surface area contributed by atoms with Crippen LogP contribution in [0.5, 0.6) is 0 Å². The fraction of sp³-hybridized carbons (Fsp3) is 0.312. The molecule has 0 aliphatic carbocycles. The van der Waals surface area contributed by atoms with Crippen LogP contribution in [-0.4, -0.2) is 51.7 Å². The van der Waals surface area contributed by atoms with Gasteiger partial charge in [0.2, 0.25) is 0 Å². The lowest BCUT2D eigenvalue weighted by Gasteiger charge is -2.33. The van der Waals surface area contributed by atoms with E-state index in [0.29, 0.717) is 29.6 Å². The molecular weight excluding hydrogens is 530 g/mol. The van der Waals surface area contributed by atoms with E-state index < -0.39 is 11.6 Å². The van der Waals surface area contributed by atoms with Crippen LogP contribution in [0.4, 0.5) is 8.78 Å².